The molecule has 4 aromatic rings. The van der Waals surface area contributed by atoms with Gasteiger partial charge in [0, 0.05) is 38.3 Å². The minimum atomic E-state index is -0.289. The van der Waals surface area contributed by atoms with Crippen LogP contribution in [-0.2, 0) is 11.8 Å². The van der Waals surface area contributed by atoms with E-state index in [1.54, 1.807) is 30.3 Å². The van der Waals surface area contributed by atoms with Crippen molar-refractivity contribution in [3.05, 3.63) is 78.4 Å². The van der Waals surface area contributed by atoms with Gasteiger partial charge in [-0.25, -0.2) is 4.98 Å². The zero-order valence-electron chi connectivity index (χ0n) is 15.7. The van der Waals surface area contributed by atoms with Crippen molar-refractivity contribution in [3.8, 4) is 11.3 Å². The van der Waals surface area contributed by atoms with Crippen molar-refractivity contribution in [2.75, 3.05) is 13.7 Å². The highest BCUT2D eigenvalue weighted by Crippen LogP contribution is 2.19. The Kier molecular flexibility index (Phi) is 4.90. The molecule has 0 bridgehead atoms. The fourth-order valence-electron chi connectivity index (χ4n) is 3.21. The van der Waals surface area contributed by atoms with Crippen LogP contribution in [0.1, 0.15) is 22.1 Å². The quantitative estimate of drug-likeness (QED) is 0.562. The Hall–Kier alpha value is -3.45. The van der Waals surface area contributed by atoms with E-state index in [-0.39, 0.29) is 11.9 Å². The summed E-state index contributed by atoms with van der Waals surface area (Å²) in [6, 6.07) is 15.2. The molecule has 3 aromatic heterocycles. The number of nitrogens with one attached hydrogen (secondary N) is 1. The van der Waals surface area contributed by atoms with E-state index < -0.39 is 0 Å². The monoisotopic (exact) mass is 375 g/mol. The Labute approximate surface area is 162 Å². The molecule has 28 heavy (non-hydrogen) atoms. The predicted octanol–water partition coefficient (Wildman–Crippen LogP) is 2.85. The van der Waals surface area contributed by atoms with Crippen LogP contribution >= 0.6 is 0 Å². The molecule has 4 rings (SSSR count). The first-order chi connectivity index (χ1) is 13.7. The lowest BCUT2D eigenvalue weighted by molar-refractivity contribution is 0.0892. The third kappa shape index (κ3) is 3.52. The number of imidazole rings is 1. The molecule has 7 heteroatoms. The number of methoxy groups -OCH3 is 1. The zero-order chi connectivity index (χ0) is 19.5. The topological polar surface area (TPSA) is 73.4 Å². The minimum absolute atomic E-state index is 0.180. The Bertz CT molecular complexity index is 1100. The van der Waals surface area contributed by atoms with Crippen LogP contribution in [0, 0.1) is 0 Å². The van der Waals surface area contributed by atoms with Gasteiger partial charge in [-0.3, -0.25) is 9.48 Å². The molecule has 0 radical (unpaired) electrons. The molecule has 1 aromatic carbocycles. The summed E-state index contributed by atoms with van der Waals surface area (Å²) in [4.78, 5) is 17.5. The van der Waals surface area contributed by atoms with Crippen molar-refractivity contribution in [1.82, 2.24) is 24.5 Å². The van der Waals surface area contributed by atoms with Gasteiger partial charge >= 0.3 is 0 Å². The number of aromatic nitrogens is 4. The highest BCUT2D eigenvalue weighted by atomic mass is 16.5. The van der Waals surface area contributed by atoms with Crippen LogP contribution < -0.4 is 5.32 Å². The molecule has 0 aliphatic heterocycles. The molecule has 1 N–H and O–H groups in total. The maximum absolute atomic E-state index is 12.8. The number of benzene rings is 1. The Balaban J connectivity index is 1.59. The van der Waals surface area contributed by atoms with Gasteiger partial charge < -0.3 is 14.5 Å². The Morgan fingerprint density at radius 3 is 2.68 bits per heavy atom. The minimum Gasteiger partial charge on any atom is -0.382 e. The van der Waals surface area contributed by atoms with Gasteiger partial charge in [0.1, 0.15) is 5.65 Å². The first kappa shape index (κ1) is 17.9. The summed E-state index contributed by atoms with van der Waals surface area (Å²) < 4.78 is 8.87. The molecule has 3 heterocycles. The smallest absolute Gasteiger partial charge is 0.253 e. The maximum Gasteiger partial charge on any atom is 0.253 e. The molecule has 1 amide bonds. The summed E-state index contributed by atoms with van der Waals surface area (Å²) in [5.41, 5.74) is 4.12. The normalized spacial score (nSPS) is 12.2. The van der Waals surface area contributed by atoms with Crippen molar-refractivity contribution in [1.29, 1.82) is 0 Å². The van der Waals surface area contributed by atoms with E-state index in [4.69, 9.17) is 4.74 Å². The third-order valence-electron chi connectivity index (χ3n) is 4.64. The van der Waals surface area contributed by atoms with Gasteiger partial charge in [-0.2, -0.15) is 5.10 Å². The second kappa shape index (κ2) is 7.66. The molecule has 142 valence electrons. The summed E-state index contributed by atoms with van der Waals surface area (Å²) in [6.07, 6.45) is 5.42. The number of rotatable bonds is 6. The summed E-state index contributed by atoms with van der Waals surface area (Å²) in [5, 5.41) is 7.19. The van der Waals surface area contributed by atoms with Crippen molar-refractivity contribution in [3.63, 3.8) is 0 Å². The van der Waals surface area contributed by atoms with Crippen molar-refractivity contribution in [2.45, 2.75) is 6.04 Å². The van der Waals surface area contributed by atoms with Gasteiger partial charge in [-0.15, -0.1) is 0 Å². The second-order valence-corrected chi connectivity index (χ2v) is 6.54. The van der Waals surface area contributed by atoms with Gasteiger partial charge in [0.25, 0.3) is 5.91 Å². The molecule has 0 saturated heterocycles. The Morgan fingerprint density at radius 2 is 1.96 bits per heavy atom. The third-order valence-corrected chi connectivity index (χ3v) is 4.64. The molecular weight excluding hydrogens is 354 g/mol. The Morgan fingerprint density at radius 1 is 1.14 bits per heavy atom. The van der Waals surface area contributed by atoms with Gasteiger partial charge in [-0.1, -0.05) is 30.3 Å². The van der Waals surface area contributed by atoms with E-state index in [2.05, 4.69) is 15.4 Å². The van der Waals surface area contributed by atoms with Crippen LogP contribution in [0.5, 0.6) is 0 Å². The fourth-order valence-corrected chi connectivity index (χ4v) is 3.21. The average molecular weight is 375 g/mol. The van der Waals surface area contributed by atoms with E-state index in [0.29, 0.717) is 12.2 Å². The van der Waals surface area contributed by atoms with E-state index in [0.717, 1.165) is 22.6 Å². The molecule has 0 aliphatic rings. The molecule has 1 atom stereocenters. The molecular formula is C21H21N5O2. The number of hydrogen-bond donors (Lipinski definition) is 1. The number of aryl methyl sites for hydroxylation is 1. The van der Waals surface area contributed by atoms with Crippen molar-refractivity contribution in [2.24, 2.45) is 7.05 Å². The van der Waals surface area contributed by atoms with Gasteiger partial charge in [-0.05, 0) is 18.2 Å². The number of carbonyl (C=O) groups is 1. The van der Waals surface area contributed by atoms with Crippen LogP contribution in [0.3, 0.4) is 0 Å². The molecule has 0 aliphatic carbocycles. The number of pyridine rings is 1. The molecule has 0 fully saturated rings. The van der Waals surface area contributed by atoms with Crippen molar-refractivity contribution < 1.29 is 9.53 Å². The summed E-state index contributed by atoms with van der Waals surface area (Å²) in [5.74, 6) is -0.180. The van der Waals surface area contributed by atoms with Gasteiger partial charge in [0.2, 0.25) is 0 Å². The highest BCUT2D eigenvalue weighted by Gasteiger charge is 2.19. The number of carbonyl (C=O) groups excluding carboxylic acids is 1. The van der Waals surface area contributed by atoms with Gasteiger partial charge in [0.05, 0.1) is 29.6 Å². The largest absolute Gasteiger partial charge is 0.382 e. The van der Waals surface area contributed by atoms with Crippen LogP contribution in [-0.4, -0.2) is 38.8 Å². The molecule has 0 saturated carbocycles. The van der Waals surface area contributed by atoms with Crippen LogP contribution in [0.15, 0.2) is 67.1 Å². The fraction of sp³-hybridized carbons (Fsp3) is 0.190. The second-order valence-electron chi connectivity index (χ2n) is 6.54. The first-order valence-electron chi connectivity index (χ1n) is 8.97. The van der Waals surface area contributed by atoms with Crippen LogP contribution in [0.25, 0.3) is 16.9 Å². The number of fused-ring (bicyclic) bond motifs is 1. The van der Waals surface area contributed by atoms with Gasteiger partial charge in [0.15, 0.2) is 0 Å². The summed E-state index contributed by atoms with van der Waals surface area (Å²) in [6.45, 7) is 0.358. The van der Waals surface area contributed by atoms with E-state index in [1.165, 1.54) is 0 Å². The number of ether oxygens (including phenoxy) is 1. The lowest BCUT2D eigenvalue weighted by atomic mass is 10.2. The number of amides is 1. The maximum atomic E-state index is 12.8. The first-order valence-corrected chi connectivity index (χ1v) is 8.97. The lowest BCUT2D eigenvalue weighted by Crippen LogP contribution is -2.32. The highest BCUT2D eigenvalue weighted by molar-refractivity contribution is 5.94. The number of nitrogens with zero attached hydrogens (tertiary/aromatic N) is 4. The average Bonchev–Trinajstić information content (AvgIpc) is 3.33. The summed E-state index contributed by atoms with van der Waals surface area (Å²) in [7, 11) is 3.45. The lowest BCUT2D eigenvalue weighted by Gasteiger charge is -2.18. The molecule has 7 nitrogen and oxygen atoms in total. The van der Waals surface area contributed by atoms with E-state index in [1.807, 2.05) is 60.1 Å². The zero-order valence-corrected chi connectivity index (χ0v) is 15.7. The van der Waals surface area contributed by atoms with E-state index in [9.17, 15) is 4.79 Å². The van der Waals surface area contributed by atoms with Crippen LogP contribution in [0.2, 0.25) is 0 Å². The SMILES string of the molecule is COCC(NC(=O)c1ccc2nc(-c3ccccc3)cn2c1)c1ccnn1C. The van der Waals surface area contributed by atoms with Crippen LogP contribution in [0.4, 0.5) is 0 Å². The summed E-state index contributed by atoms with van der Waals surface area (Å²) >= 11 is 0. The van der Waals surface area contributed by atoms with E-state index >= 15 is 0 Å². The molecule has 0 spiro atoms. The predicted molar refractivity (Wildman–Crippen MR) is 106 cm³/mol. The van der Waals surface area contributed by atoms with Crippen molar-refractivity contribution >= 4 is 11.6 Å². The molecule has 1 unspecified atom stereocenters. The number of hydrogen-bond acceptors (Lipinski definition) is 4. The standard InChI is InChI=1S/C21H21N5O2/c1-25-19(10-11-22-25)18(14-28-2)24-21(27)16-8-9-20-23-17(13-26(20)12-16)15-6-4-3-5-7-15/h3-13,18H,14H2,1-2H3,(H,24,27).